The lowest BCUT2D eigenvalue weighted by molar-refractivity contribution is 0.0341. The molecule has 6 nitrogen and oxygen atoms in total. The molecule has 0 aliphatic carbocycles. The van der Waals surface area contributed by atoms with E-state index in [0.717, 1.165) is 45.0 Å². The number of hydrogen-bond donors (Lipinski definition) is 2. The number of rotatable bonds is 8. The number of nitrogens with one attached hydrogen (secondary N) is 2. The number of guanidine groups is 1. The molecule has 0 bridgehead atoms. The highest BCUT2D eigenvalue weighted by Crippen LogP contribution is 2.18. The molecule has 2 aromatic carbocycles. The smallest absolute Gasteiger partial charge is 0.191 e. The molecule has 2 N–H and O–H groups in total. The van der Waals surface area contributed by atoms with E-state index < -0.39 is 0 Å². The highest BCUT2D eigenvalue weighted by Gasteiger charge is 2.13. The van der Waals surface area contributed by atoms with E-state index in [9.17, 15) is 4.39 Å². The summed E-state index contributed by atoms with van der Waals surface area (Å²) in [5.74, 6) is 0.569. The van der Waals surface area contributed by atoms with Gasteiger partial charge in [-0.1, -0.05) is 30.3 Å². The molecule has 1 aliphatic rings. The van der Waals surface area contributed by atoms with Crippen LogP contribution in [0.15, 0.2) is 47.5 Å². The van der Waals surface area contributed by atoms with Gasteiger partial charge in [-0.2, -0.15) is 0 Å². The van der Waals surface area contributed by atoms with E-state index in [1.165, 1.54) is 24.3 Å². The molecule has 2 aromatic rings. The van der Waals surface area contributed by atoms with Gasteiger partial charge in [-0.25, -0.2) is 9.38 Å². The van der Waals surface area contributed by atoms with E-state index in [4.69, 9.17) is 9.47 Å². The summed E-state index contributed by atoms with van der Waals surface area (Å²) in [5.41, 5.74) is 3.34. The Balaban J connectivity index is 0.00000341. The number of hydrogen-bond acceptors (Lipinski definition) is 4. The summed E-state index contributed by atoms with van der Waals surface area (Å²) >= 11 is 0. The molecule has 0 aromatic heterocycles. The zero-order chi connectivity index (χ0) is 21.2. The Morgan fingerprint density at radius 3 is 2.55 bits per heavy atom. The fourth-order valence-corrected chi connectivity index (χ4v) is 3.38. The van der Waals surface area contributed by atoms with E-state index in [1.807, 2.05) is 13.0 Å². The Morgan fingerprint density at radius 2 is 1.87 bits per heavy atom. The quantitative estimate of drug-likeness (QED) is 0.304. The molecule has 0 atom stereocenters. The molecule has 0 saturated carbocycles. The third kappa shape index (κ3) is 7.93. The number of aliphatic imine (C=N–C) groups is 1. The molecular formula is C23H32FIN4O2. The average Bonchev–Trinajstić information content (AvgIpc) is 2.77. The second kappa shape index (κ2) is 13.5. The Bertz CT molecular complexity index is 844. The average molecular weight is 542 g/mol. The van der Waals surface area contributed by atoms with Crippen LogP contribution >= 0.6 is 24.0 Å². The molecule has 8 heteroatoms. The standard InChI is InChI=1S/C23H31FN4O2.HI/c1-3-25-23(26-15-18-8-9-22(29-2)21(24)14-18)27-16-19-6-4-5-7-20(19)17-28-10-12-30-13-11-28;/h4-9,14H,3,10-13,15-17H2,1-2H3,(H2,25,26,27);1H. The van der Waals surface area contributed by atoms with Crippen molar-refractivity contribution in [3.63, 3.8) is 0 Å². The van der Waals surface area contributed by atoms with Crippen LogP contribution in [0.3, 0.4) is 0 Å². The lowest BCUT2D eigenvalue weighted by atomic mass is 10.1. The van der Waals surface area contributed by atoms with Crippen molar-refractivity contribution in [1.82, 2.24) is 15.5 Å². The predicted octanol–water partition coefficient (Wildman–Crippen LogP) is 3.54. The number of halogens is 2. The zero-order valence-electron chi connectivity index (χ0n) is 18.2. The number of ether oxygens (including phenoxy) is 2. The van der Waals surface area contributed by atoms with Crippen LogP contribution < -0.4 is 15.4 Å². The van der Waals surface area contributed by atoms with Crippen LogP contribution in [-0.2, 0) is 24.4 Å². The third-order valence-electron chi connectivity index (χ3n) is 5.04. The Morgan fingerprint density at radius 1 is 1.13 bits per heavy atom. The van der Waals surface area contributed by atoms with Gasteiger partial charge in [0, 0.05) is 32.7 Å². The van der Waals surface area contributed by atoms with Crippen molar-refractivity contribution in [2.75, 3.05) is 40.0 Å². The van der Waals surface area contributed by atoms with Gasteiger partial charge in [-0.05, 0) is 35.7 Å². The first-order valence-corrected chi connectivity index (χ1v) is 10.4. The van der Waals surface area contributed by atoms with Crippen molar-refractivity contribution in [2.45, 2.75) is 26.6 Å². The van der Waals surface area contributed by atoms with Crippen LogP contribution in [0.5, 0.6) is 5.75 Å². The Kier molecular flexibility index (Phi) is 11.0. The first kappa shape index (κ1) is 25.4. The summed E-state index contributed by atoms with van der Waals surface area (Å²) in [7, 11) is 1.46. The molecular weight excluding hydrogens is 510 g/mol. The highest BCUT2D eigenvalue weighted by molar-refractivity contribution is 14.0. The van der Waals surface area contributed by atoms with Gasteiger partial charge in [0.1, 0.15) is 0 Å². The van der Waals surface area contributed by atoms with Crippen molar-refractivity contribution in [2.24, 2.45) is 4.99 Å². The van der Waals surface area contributed by atoms with Gasteiger partial charge in [-0.3, -0.25) is 4.90 Å². The minimum atomic E-state index is -0.375. The minimum Gasteiger partial charge on any atom is -0.494 e. The second-order valence-electron chi connectivity index (χ2n) is 7.17. The van der Waals surface area contributed by atoms with Crippen molar-refractivity contribution < 1.29 is 13.9 Å². The molecule has 0 radical (unpaired) electrons. The second-order valence-corrected chi connectivity index (χ2v) is 7.17. The SMILES string of the molecule is CCNC(=NCc1ccc(OC)c(F)c1)NCc1ccccc1CN1CCOCC1.I. The fraction of sp³-hybridized carbons (Fsp3) is 0.435. The Labute approximate surface area is 201 Å². The maximum absolute atomic E-state index is 13.9. The minimum absolute atomic E-state index is 0. The molecule has 1 saturated heterocycles. The number of morpholine rings is 1. The summed E-state index contributed by atoms with van der Waals surface area (Å²) in [5, 5.41) is 6.65. The van der Waals surface area contributed by atoms with E-state index in [1.54, 1.807) is 6.07 Å². The topological polar surface area (TPSA) is 58.1 Å². The predicted molar refractivity (Wildman–Crippen MR) is 133 cm³/mol. The first-order valence-electron chi connectivity index (χ1n) is 10.4. The van der Waals surface area contributed by atoms with Gasteiger partial charge in [0.15, 0.2) is 17.5 Å². The van der Waals surface area contributed by atoms with Crippen molar-refractivity contribution in [3.8, 4) is 5.75 Å². The molecule has 31 heavy (non-hydrogen) atoms. The monoisotopic (exact) mass is 542 g/mol. The molecule has 3 rings (SSSR count). The lowest BCUT2D eigenvalue weighted by Gasteiger charge is -2.27. The van der Waals surface area contributed by atoms with Crippen LogP contribution in [0.1, 0.15) is 23.6 Å². The molecule has 1 heterocycles. The van der Waals surface area contributed by atoms with Crippen LogP contribution in [0.25, 0.3) is 0 Å². The maximum Gasteiger partial charge on any atom is 0.191 e. The largest absolute Gasteiger partial charge is 0.494 e. The van der Waals surface area contributed by atoms with Gasteiger partial charge >= 0.3 is 0 Å². The Hall–Kier alpha value is -1.91. The third-order valence-corrected chi connectivity index (χ3v) is 5.04. The molecule has 0 amide bonds. The van der Waals surface area contributed by atoms with Gasteiger partial charge < -0.3 is 20.1 Å². The van der Waals surface area contributed by atoms with E-state index in [-0.39, 0.29) is 35.5 Å². The van der Waals surface area contributed by atoms with Crippen molar-refractivity contribution >= 4 is 29.9 Å². The number of benzene rings is 2. The normalized spacial score (nSPS) is 14.6. The highest BCUT2D eigenvalue weighted by atomic mass is 127. The molecule has 0 spiro atoms. The summed E-state index contributed by atoms with van der Waals surface area (Å²) in [6.45, 7) is 8.26. The summed E-state index contributed by atoms with van der Waals surface area (Å²) in [6, 6.07) is 13.4. The van der Waals surface area contributed by atoms with Crippen molar-refractivity contribution in [3.05, 3.63) is 65.0 Å². The van der Waals surface area contributed by atoms with Gasteiger partial charge in [0.2, 0.25) is 0 Å². The van der Waals surface area contributed by atoms with Crippen LogP contribution in [-0.4, -0.2) is 50.8 Å². The van der Waals surface area contributed by atoms with Crippen molar-refractivity contribution in [1.29, 1.82) is 0 Å². The van der Waals surface area contributed by atoms with Gasteiger partial charge in [0.25, 0.3) is 0 Å². The van der Waals surface area contributed by atoms with E-state index >= 15 is 0 Å². The van der Waals surface area contributed by atoms with E-state index in [0.29, 0.717) is 19.0 Å². The van der Waals surface area contributed by atoms with Crippen LogP contribution in [0, 0.1) is 5.82 Å². The molecule has 1 fully saturated rings. The lowest BCUT2D eigenvalue weighted by Crippen LogP contribution is -2.38. The van der Waals surface area contributed by atoms with Crippen LogP contribution in [0.2, 0.25) is 0 Å². The number of methoxy groups -OCH3 is 1. The van der Waals surface area contributed by atoms with E-state index in [2.05, 4.69) is 44.8 Å². The summed E-state index contributed by atoms with van der Waals surface area (Å²) < 4.78 is 24.3. The first-order chi connectivity index (χ1) is 14.7. The van der Waals surface area contributed by atoms with Crippen LogP contribution in [0.4, 0.5) is 4.39 Å². The molecule has 1 aliphatic heterocycles. The number of nitrogens with zero attached hydrogens (tertiary/aromatic N) is 2. The van der Waals surface area contributed by atoms with Gasteiger partial charge in [0.05, 0.1) is 26.9 Å². The molecule has 0 unspecified atom stereocenters. The summed E-state index contributed by atoms with van der Waals surface area (Å²) in [6.07, 6.45) is 0. The summed E-state index contributed by atoms with van der Waals surface area (Å²) in [4.78, 5) is 7.02. The van der Waals surface area contributed by atoms with Gasteiger partial charge in [-0.15, -0.1) is 24.0 Å². The zero-order valence-corrected chi connectivity index (χ0v) is 20.5. The molecule has 170 valence electrons. The fourth-order valence-electron chi connectivity index (χ4n) is 3.38. The maximum atomic E-state index is 13.9.